The molecule has 0 aromatic heterocycles. The molecule has 98 valence electrons. The molecule has 0 spiro atoms. The van der Waals surface area contributed by atoms with E-state index in [0.717, 1.165) is 11.6 Å². The van der Waals surface area contributed by atoms with Crippen LogP contribution in [-0.2, 0) is 0 Å². The highest BCUT2D eigenvalue weighted by Gasteiger charge is 2.16. The Morgan fingerprint density at radius 1 is 0.900 bits per heavy atom. The van der Waals surface area contributed by atoms with Gasteiger partial charge in [0.05, 0.1) is 11.1 Å². The summed E-state index contributed by atoms with van der Waals surface area (Å²) in [6.45, 7) is 0. The summed E-state index contributed by atoms with van der Waals surface area (Å²) in [5.74, 6) is 4.26. The first-order valence-electron chi connectivity index (χ1n) is 5.72. The van der Waals surface area contributed by atoms with Crippen LogP contribution in [0.2, 0.25) is 0 Å². The monoisotopic (exact) mass is 268 g/mol. The summed E-state index contributed by atoms with van der Waals surface area (Å²) in [4.78, 5) is 21.7. The van der Waals surface area contributed by atoms with Gasteiger partial charge in [-0.05, 0) is 30.3 Å². The molecule has 4 heteroatoms. The van der Waals surface area contributed by atoms with Gasteiger partial charge in [0.15, 0.2) is 0 Å². The fraction of sp³-hybridized carbons (Fsp3) is 0. The zero-order chi connectivity index (χ0) is 14.5. The van der Waals surface area contributed by atoms with Crippen molar-refractivity contribution >= 4 is 12.0 Å². The summed E-state index contributed by atoms with van der Waals surface area (Å²) in [6.07, 6.45) is 0. The summed E-state index contributed by atoms with van der Waals surface area (Å²) >= 11 is 0. The lowest BCUT2D eigenvalue weighted by Gasteiger charge is -2.00. The van der Waals surface area contributed by atoms with Crippen molar-refractivity contribution in [3.05, 3.63) is 70.8 Å². The molecule has 0 heterocycles. The molecule has 2 rings (SSSR count). The fourth-order valence-electron chi connectivity index (χ4n) is 1.64. The Bertz CT molecular complexity index is 724. The van der Waals surface area contributed by atoms with Crippen LogP contribution in [0.4, 0.5) is 4.39 Å². The second-order valence-corrected chi connectivity index (χ2v) is 3.96. The quantitative estimate of drug-likeness (QED) is 0.673. The molecule has 0 unspecified atom stereocenters. The molecule has 0 aliphatic carbocycles. The van der Waals surface area contributed by atoms with Crippen LogP contribution in [0.1, 0.15) is 31.8 Å². The number of aromatic carboxylic acids is 1. The Labute approximate surface area is 114 Å². The lowest BCUT2D eigenvalue weighted by Crippen LogP contribution is -2.05. The number of hydrogen-bond acceptors (Lipinski definition) is 2. The van der Waals surface area contributed by atoms with Crippen LogP contribution in [0.15, 0.2) is 48.5 Å². The van der Waals surface area contributed by atoms with E-state index in [9.17, 15) is 14.0 Å². The van der Waals surface area contributed by atoms with E-state index in [4.69, 9.17) is 5.11 Å². The van der Waals surface area contributed by atoms with Gasteiger partial charge >= 0.3 is 12.0 Å². The maximum absolute atomic E-state index is 12.7. The van der Waals surface area contributed by atoms with E-state index in [2.05, 4.69) is 11.8 Å². The van der Waals surface area contributed by atoms with Gasteiger partial charge in [-0.2, -0.15) is 4.39 Å². The highest BCUT2D eigenvalue weighted by atomic mass is 19.1. The number of carbonyl (C=O) groups excluding carboxylic acids is 1. The second-order valence-electron chi connectivity index (χ2n) is 3.96. The first-order valence-corrected chi connectivity index (χ1v) is 5.72. The topological polar surface area (TPSA) is 54.4 Å². The van der Waals surface area contributed by atoms with Gasteiger partial charge in [-0.25, -0.2) is 4.79 Å². The number of hydrogen-bond donors (Lipinski definition) is 1. The van der Waals surface area contributed by atoms with E-state index in [1.54, 1.807) is 0 Å². The average molecular weight is 268 g/mol. The third-order valence-electron chi connectivity index (χ3n) is 2.59. The van der Waals surface area contributed by atoms with Gasteiger partial charge in [0.25, 0.3) is 0 Å². The zero-order valence-electron chi connectivity index (χ0n) is 10.3. The van der Waals surface area contributed by atoms with Crippen LogP contribution in [0.3, 0.4) is 0 Å². The van der Waals surface area contributed by atoms with Gasteiger partial charge in [-0.1, -0.05) is 30.0 Å². The van der Waals surface area contributed by atoms with Gasteiger partial charge in [0, 0.05) is 11.1 Å². The number of halogens is 1. The number of carbonyl (C=O) groups is 2. The summed E-state index contributed by atoms with van der Waals surface area (Å²) in [6, 6.07) is 11.1. The molecule has 0 aliphatic heterocycles. The number of carboxylic acids is 1. The van der Waals surface area contributed by atoms with Gasteiger partial charge in [-0.15, -0.1) is 0 Å². The first-order chi connectivity index (χ1) is 9.58. The van der Waals surface area contributed by atoms with Crippen LogP contribution in [0.25, 0.3) is 0 Å². The van der Waals surface area contributed by atoms with Crippen molar-refractivity contribution in [3.8, 4) is 11.8 Å². The standard InChI is InChI=1S/C16H9FO3/c17-15(18)13-9-8-12(10-14(13)16(19)20)7-6-11-4-2-1-3-5-11/h1-5,8-10H,(H,19,20). The van der Waals surface area contributed by atoms with Crippen LogP contribution in [0.5, 0.6) is 0 Å². The minimum Gasteiger partial charge on any atom is -0.478 e. The van der Waals surface area contributed by atoms with Gasteiger partial charge in [-0.3, -0.25) is 4.79 Å². The predicted octanol–water partition coefficient (Wildman–Crippen LogP) is 2.89. The largest absolute Gasteiger partial charge is 0.478 e. The molecular weight excluding hydrogens is 259 g/mol. The lowest BCUT2D eigenvalue weighted by atomic mass is 10.0. The highest BCUT2D eigenvalue weighted by Crippen LogP contribution is 2.13. The second kappa shape index (κ2) is 5.81. The average Bonchev–Trinajstić information content (AvgIpc) is 2.45. The predicted molar refractivity (Wildman–Crippen MR) is 71.3 cm³/mol. The normalized spacial score (nSPS) is 9.45. The minimum absolute atomic E-state index is 0.391. The Hall–Kier alpha value is -2.93. The molecule has 0 fully saturated rings. The smallest absolute Gasteiger partial charge is 0.336 e. The van der Waals surface area contributed by atoms with Crippen molar-refractivity contribution < 1.29 is 19.1 Å². The van der Waals surface area contributed by atoms with Crippen LogP contribution in [-0.4, -0.2) is 17.1 Å². The van der Waals surface area contributed by atoms with E-state index in [1.807, 2.05) is 30.3 Å². The number of rotatable bonds is 2. The maximum Gasteiger partial charge on any atom is 0.336 e. The summed E-state index contributed by atoms with van der Waals surface area (Å²) in [5.41, 5.74) is 0.311. The zero-order valence-corrected chi connectivity index (χ0v) is 10.3. The Morgan fingerprint density at radius 3 is 2.15 bits per heavy atom. The van der Waals surface area contributed by atoms with Gasteiger partial charge in [0.1, 0.15) is 0 Å². The fourth-order valence-corrected chi connectivity index (χ4v) is 1.64. The molecule has 0 radical (unpaired) electrons. The SMILES string of the molecule is O=C(O)c1cc(C#Cc2ccccc2)ccc1C(=O)F. The molecule has 0 atom stereocenters. The molecule has 3 nitrogen and oxygen atoms in total. The third kappa shape index (κ3) is 3.09. The van der Waals surface area contributed by atoms with Gasteiger partial charge < -0.3 is 5.11 Å². The molecule has 1 N–H and O–H groups in total. The lowest BCUT2D eigenvalue weighted by molar-refractivity contribution is 0.0685. The van der Waals surface area contributed by atoms with Crippen molar-refractivity contribution in [2.75, 3.05) is 0 Å². The Kier molecular flexibility index (Phi) is 3.92. The molecule has 0 saturated heterocycles. The van der Waals surface area contributed by atoms with Crippen molar-refractivity contribution in [2.45, 2.75) is 0 Å². The summed E-state index contributed by atoms with van der Waals surface area (Å²) < 4.78 is 12.7. The van der Waals surface area contributed by atoms with Crippen molar-refractivity contribution in [3.63, 3.8) is 0 Å². The molecule has 0 aliphatic rings. The van der Waals surface area contributed by atoms with Crippen molar-refractivity contribution in [1.29, 1.82) is 0 Å². The van der Waals surface area contributed by atoms with E-state index < -0.39 is 23.1 Å². The third-order valence-corrected chi connectivity index (χ3v) is 2.59. The molecule has 20 heavy (non-hydrogen) atoms. The van der Waals surface area contributed by atoms with Crippen molar-refractivity contribution in [2.24, 2.45) is 0 Å². The Morgan fingerprint density at radius 2 is 1.55 bits per heavy atom. The first kappa shape index (κ1) is 13.5. The summed E-state index contributed by atoms with van der Waals surface area (Å²) in [7, 11) is 0. The molecule has 2 aromatic carbocycles. The van der Waals surface area contributed by atoms with E-state index in [0.29, 0.717) is 5.56 Å². The van der Waals surface area contributed by atoms with Crippen LogP contribution >= 0.6 is 0 Å². The van der Waals surface area contributed by atoms with E-state index in [1.165, 1.54) is 12.1 Å². The summed E-state index contributed by atoms with van der Waals surface area (Å²) in [5, 5.41) is 8.96. The molecule has 0 saturated carbocycles. The van der Waals surface area contributed by atoms with E-state index >= 15 is 0 Å². The van der Waals surface area contributed by atoms with Crippen LogP contribution in [0, 0.1) is 11.8 Å². The Balaban J connectivity index is 2.40. The molecule has 0 amide bonds. The van der Waals surface area contributed by atoms with Gasteiger partial charge in [0.2, 0.25) is 0 Å². The minimum atomic E-state index is -1.77. The molecule has 0 bridgehead atoms. The maximum atomic E-state index is 12.7. The number of carboxylic acid groups (broad SMARTS) is 1. The van der Waals surface area contributed by atoms with Crippen LogP contribution < -0.4 is 0 Å². The number of benzene rings is 2. The molecule has 2 aromatic rings. The molecular formula is C16H9FO3. The van der Waals surface area contributed by atoms with Crippen molar-refractivity contribution in [1.82, 2.24) is 0 Å². The van der Waals surface area contributed by atoms with E-state index in [-0.39, 0.29) is 0 Å². The highest BCUT2D eigenvalue weighted by molar-refractivity contribution is 6.02.